The highest BCUT2D eigenvalue weighted by Gasteiger charge is 2.44. The highest BCUT2D eigenvalue weighted by molar-refractivity contribution is 6.03. The maximum atomic E-state index is 16.2. The second kappa shape index (κ2) is 10.1. The van der Waals surface area contributed by atoms with E-state index in [0.29, 0.717) is 36.1 Å². The van der Waals surface area contributed by atoms with Crippen molar-refractivity contribution in [2.24, 2.45) is 5.41 Å². The summed E-state index contributed by atoms with van der Waals surface area (Å²) >= 11 is 0. The van der Waals surface area contributed by atoms with Gasteiger partial charge in [-0.3, -0.25) is 9.78 Å². The number of carbonyl (C=O) groups excluding carboxylic acids is 1. The summed E-state index contributed by atoms with van der Waals surface area (Å²) < 4.78 is 30.9. The second-order valence-corrected chi connectivity index (χ2v) is 12.0. The number of hydrogen-bond donors (Lipinski definition) is 2. The molecule has 1 amide bonds. The molecule has 10 heteroatoms. The number of piperazine rings is 1. The summed E-state index contributed by atoms with van der Waals surface area (Å²) in [5, 5.41) is 11.3. The van der Waals surface area contributed by atoms with Crippen LogP contribution in [0.15, 0.2) is 35.3 Å². The Kier molecular flexibility index (Phi) is 6.64. The van der Waals surface area contributed by atoms with Crippen LogP contribution in [0.2, 0.25) is 0 Å². The van der Waals surface area contributed by atoms with Gasteiger partial charge in [-0.15, -0.1) is 6.42 Å². The fraction of sp³-hybridized carbons (Fsp3) is 0.375. The van der Waals surface area contributed by atoms with Crippen molar-refractivity contribution >= 4 is 33.4 Å². The number of carbonyl (C=O) groups is 1. The number of benzene rings is 2. The van der Waals surface area contributed by atoms with Crippen molar-refractivity contribution in [3.05, 3.63) is 58.1 Å². The summed E-state index contributed by atoms with van der Waals surface area (Å²) in [6.45, 7) is 7.19. The van der Waals surface area contributed by atoms with Gasteiger partial charge in [0.05, 0.1) is 16.5 Å². The summed E-state index contributed by atoms with van der Waals surface area (Å²) in [6.07, 6.45) is 10.1. The lowest BCUT2D eigenvalue weighted by atomic mass is 9.85. The van der Waals surface area contributed by atoms with Gasteiger partial charge in [-0.25, -0.2) is 13.6 Å². The number of aromatic amines is 1. The Hall–Kier alpha value is -4.52. The molecule has 4 heterocycles. The molecule has 2 unspecified atom stereocenters. The third-order valence-electron chi connectivity index (χ3n) is 8.81. The molecule has 0 spiro atoms. The molecular formula is C32H31F2N5O3. The Balaban J connectivity index is 1.42. The number of aromatic nitrogens is 3. The first-order valence-electron chi connectivity index (χ1n) is 14.1. The smallest absolute Gasteiger partial charge is 0.347 e. The molecule has 2 N–H and O–H groups in total. The Bertz CT molecular complexity index is 1850. The van der Waals surface area contributed by atoms with E-state index in [2.05, 4.69) is 41.6 Å². The molecule has 2 aliphatic rings. The van der Waals surface area contributed by atoms with E-state index in [9.17, 15) is 19.1 Å². The number of rotatable bonds is 5. The summed E-state index contributed by atoms with van der Waals surface area (Å²) in [6, 6.07) is 5.24. The molecule has 216 valence electrons. The number of amides is 1. The number of pyridine rings is 1. The van der Waals surface area contributed by atoms with Gasteiger partial charge in [-0.05, 0) is 41.8 Å². The van der Waals surface area contributed by atoms with Gasteiger partial charge in [-0.1, -0.05) is 39.2 Å². The average Bonchev–Trinajstić information content (AvgIpc) is 3.22. The summed E-state index contributed by atoms with van der Waals surface area (Å²) in [4.78, 5) is 41.0. The van der Waals surface area contributed by atoms with Crippen LogP contribution in [0.1, 0.15) is 52.0 Å². The Morgan fingerprint density at radius 3 is 2.60 bits per heavy atom. The summed E-state index contributed by atoms with van der Waals surface area (Å²) in [5.41, 5.74) is -1.13. The minimum atomic E-state index is -0.856. The van der Waals surface area contributed by atoms with Crippen LogP contribution in [0.25, 0.3) is 32.9 Å². The van der Waals surface area contributed by atoms with Gasteiger partial charge >= 0.3 is 5.69 Å². The van der Waals surface area contributed by atoms with E-state index in [1.54, 1.807) is 0 Å². The number of halogens is 2. The number of anilines is 1. The average molecular weight is 572 g/mol. The van der Waals surface area contributed by atoms with Crippen LogP contribution in [0, 0.1) is 29.4 Å². The first-order chi connectivity index (χ1) is 20.0. The summed E-state index contributed by atoms with van der Waals surface area (Å²) in [5.74, 6) is 1.05. The molecule has 0 saturated carbocycles. The first-order valence-corrected chi connectivity index (χ1v) is 14.1. The molecule has 2 aromatic heterocycles. The maximum Gasteiger partial charge on any atom is 0.347 e. The van der Waals surface area contributed by atoms with Crippen LogP contribution in [0.4, 0.5) is 14.6 Å². The van der Waals surface area contributed by atoms with Crippen molar-refractivity contribution < 1.29 is 18.7 Å². The minimum absolute atomic E-state index is 0.0344. The number of nitrogens with one attached hydrogen (secondary N) is 1. The monoisotopic (exact) mass is 571 g/mol. The molecule has 2 fully saturated rings. The van der Waals surface area contributed by atoms with E-state index in [1.165, 1.54) is 30.5 Å². The van der Waals surface area contributed by atoms with Gasteiger partial charge in [0.15, 0.2) is 5.82 Å². The third-order valence-corrected chi connectivity index (χ3v) is 8.81. The van der Waals surface area contributed by atoms with E-state index >= 15 is 4.39 Å². The Morgan fingerprint density at radius 1 is 1.21 bits per heavy atom. The minimum Gasteiger partial charge on any atom is -0.508 e. The van der Waals surface area contributed by atoms with Crippen LogP contribution in [0.5, 0.6) is 5.75 Å². The number of terminal acetylenes is 1. The number of hydrogen-bond acceptors (Lipinski definition) is 6. The third kappa shape index (κ3) is 4.53. The van der Waals surface area contributed by atoms with Crippen molar-refractivity contribution in [1.29, 1.82) is 0 Å². The molecule has 0 radical (unpaired) electrons. The summed E-state index contributed by atoms with van der Waals surface area (Å²) in [7, 11) is 0. The molecule has 4 aromatic rings. The first kappa shape index (κ1) is 27.6. The molecule has 8 nitrogen and oxygen atoms in total. The normalized spacial score (nSPS) is 18.6. The zero-order chi connectivity index (χ0) is 29.9. The van der Waals surface area contributed by atoms with Gasteiger partial charge < -0.3 is 19.9 Å². The largest absolute Gasteiger partial charge is 0.508 e. The van der Waals surface area contributed by atoms with Crippen LogP contribution >= 0.6 is 0 Å². The van der Waals surface area contributed by atoms with Gasteiger partial charge in [0.25, 0.3) is 0 Å². The molecule has 42 heavy (non-hydrogen) atoms. The number of fused-ring (bicyclic) bond motifs is 4. The molecule has 2 bridgehead atoms. The number of phenolic OH excluding ortho intramolecular Hbond substituents is 1. The second-order valence-electron chi connectivity index (χ2n) is 12.0. The lowest BCUT2D eigenvalue weighted by Gasteiger charge is -2.42. The van der Waals surface area contributed by atoms with Crippen molar-refractivity contribution in [3.8, 4) is 29.4 Å². The molecule has 0 aliphatic carbocycles. The van der Waals surface area contributed by atoms with Crippen molar-refractivity contribution in [2.75, 3.05) is 18.0 Å². The maximum absolute atomic E-state index is 16.2. The van der Waals surface area contributed by atoms with E-state index in [4.69, 9.17) is 6.42 Å². The molecule has 6 rings (SSSR count). The van der Waals surface area contributed by atoms with E-state index < -0.39 is 17.3 Å². The molecule has 2 saturated heterocycles. The predicted molar refractivity (Wildman–Crippen MR) is 157 cm³/mol. The SMILES string of the molecule is C#Cc1c(F)ccc2cc(O)cc(-c3ncc4c(N5CC6CCC(C5)N6C(=O)CC(C)(C)CC)nc(=O)[nH]c4c3F)c12. The Morgan fingerprint density at radius 2 is 1.93 bits per heavy atom. The fourth-order valence-electron chi connectivity index (χ4n) is 6.36. The molecular weight excluding hydrogens is 540 g/mol. The van der Waals surface area contributed by atoms with Gasteiger partial charge in [0.1, 0.15) is 23.1 Å². The quantitative estimate of drug-likeness (QED) is 0.323. The van der Waals surface area contributed by atoms with Gasteiger partial charge in [0, 0.05) is 48.7 Å². The Labute approximate surface area is 241 Å². The lowest BCUT2D eigenvalue weighted by Crippen LogP contribution is -2.56. The van der Waals surface area contributed by atoms with Crippen LogP contribution < -0.4 is 10.6 Å². The van der Waals surface area contributed by atoms with Crippen LogP contribution in [-0.2, 0) is 4.79 Å². The fourth-order valence-corrected chi connectivity index (χ4v) is 6.36. The lowest BCUT2D eigenvalue weighted by molar-refractivity contribution is -0.136. The van der Waals surface area contributed by atoms with Crippen LogP contribution in [-0.4, -0.2) is 56.0 Å². The highest BCUT2D eigenvalue weighted by atomic mass is 19.1. The number of nitrogens with zero attached hydrogens (tertiary/aromatic N) is 4. The highest BCUT2D eigenvalue weighted by Crippen LogP contribution is 2.39. The predicted octanol–water partition coefficient (Wildman–Crippen LogP) is 5.11. The van der Waals surface area contributed by atoms with Gasteiger partial charge in [0.2, 0.25) is 5.91 Å². The zero-order valence-corrected chi connectivity index (χ0v) is 23.7. The standard InChI is InChI=1S/C32H31F2N5O3/c1-5-21-24(33)10-7-17-11-20(40)12-22(26(17)21)28-27(34)29-23(14-35-28)30(37-31(42)36-29)38-15-18-8-9-19(16-38)39(18)25(41)13-32(3,4)6-2/h1,7,10-12,14,18-19,40H,6,8-9,13,15-16H2,2-4H3,(H,36,37,42). The zero-order valence-electron chi connectivity index (χ0n) is 23.7. The molecule has 2 atom stereocenters. The van der Waals surface area contributed by atoms with Crippen LogP contribution in [0.3, 0.4) is 0 Å². The number of phenols is 1. The topological polar surface area (TPSA) is 102 Å². The van der Waals surface area contributed by atoms with E-state index in [-0.39, 0.29) is 56.9 Å². The van der Waals surface area contributed by atoms with Crippen molar-refractivity contribution in [1.82, 2.24) is 19.9 Å². The van der Waals surface area contributed by atoms with E-state index in [1.807, 2.05) is 9.80 Å². The van der Waals surface area contributed by atoms with E-state index in [0.717, 1.165) is 19.3 Å². The number of H-pyrrole nitrogens is 1. The molecule has 2 aliphatic heterocycles. The number of aromatic hydroxyl groups is 1. The van der Waals surface area contributed by atoms with Crippen molar-refractivity contribution in [2.45, 2.75) is 58.5 Å². The van der Waals surface area contributed by atoms with Gasteiger partial charge in [-0.2, -0.15) is 4.98 Å². The van der Waals surface area contributed by atoms with Crippen molar-refractivity contribution in [3.63, 3.8) is 0 Å². The molecule has 2 aromatic carbocycles.